The van der Waals surface area contributed by atoms with Gasteiger partial charge >= 0.3 is 0 Å². The van der Waals surface area contributed by atoms with E-state index in [0.29, 0.717) is 10.8 Å². The number of aromatic hydroxyl groups is 2. The van der Waals surface area contributed by atoms with Crippen molar-refractivity contribution in [2.45, 2.75) is 19.8 Å². The summed E-state index contributed by atoms with van der Waals surface area (Å²) in [5, 5.41) is 20.7. The Morgan fingerprint density at radius 2 is 1.70 bits per heavy atom. The third-order valence-corrected chi connectivity index (χ3v) is 4.50. The summed E-state index contributed by atoms with van der Waals surface area (Å²) in [6.07, 6.45) is 0. The van der Waals surface area contributed by atoms with Gasteiger partial charge in [-0.1, -0.05) is 13.8 Å². The predicted molar refractivity (Wildman–Crippen MR) is 83.0 cm³/mol. The van der Waals surface area contributed by atoms with Crippen molar-refractivity contribution in [3.8, 4) is 11.5 Å². The fourth-order valence-electron chi connectivity index (χ4n) is 2.44. The molecule has 102 valence electrons. The van der Waals surface area contributed by atoms with Gasteiger partial charge in [0.05, 0.1) is 0 Å². The lowest BCUT2D eigenvalue weighted by molar-refractivity contribution is 0.475. The minimum absolute atomic E-state index is 0.0440. The molecule has 2 aromatic carbocycles. The van der Waals surface area contributed by atoms with Gasteiger partial charge in [-0.2, -0.15) is 0 Å². The number of fused-ring (bicyclic) bond motifs is 2. The van der Waals surface area contributed by atoms with Crippen LogP contribution in [0.4, 0.5) is 0 Å². The molecule has 0 atom stereocenters. The summed E-state index contributed by atoms with van der Waals surface area (Å²) in [5.41, 5.74) is 0.814. The Kier molecular flexibility index (Phi) is 2.91. The van der Waals surface area contributed by atoms with Crippen LogP contribution in [0.15, 0.2) is 35.1 Å². The highest BCUT2D eigenvalue weighted by molar-refractivity contribution is 7.24. The third-order valence-electron chi connectivity index (χ3n) is 3.40. The molecule has 0 saturated heterocycles. The van der Waals surface area contributed by atoms with Gasteiger partial charge in [-0.15, -0.1) is 11.3 Å². The predicted octanol–water partition coefficient (Wildman–Crippen LogP) is 3.95. The van der Waals surface area contributed by atoms with Crippen LogP contribution >= 0.6 is 11.3 Å². The Bertz CT molecular complexity index is 878. The highest BCUT2D eigenvalue weighted by Gasteiger charge is 2.14. The van der Waals surface area contributed by atoms with Gasteiger partial charge in [0.25, 0.3) is 0 Å². The molecular formula is C16H14O3S. The Morgan fingerprint density at radius 3 is 2.40 bits per heavy atom. The van der Waals surface area contributed by atoms with E-state index < -0.39 is 0 Å². The van der Waals surface area contributed by atoms with Crippen LogP contribution in [0.1, 0.15) is 25.3 Å². The maximum absolute atomic E-state index is 12.7. The van der Waals surface area contributed by atoms with Crippen LogP contribution in [0.3, 0.4) is 0 Å². The minimum atomic E-state index is -0.0440. The lowest BCUT2D eigenvalue weighted by atomic mass is 9.98. The third kappa shape index (κ3) is 1.93. The summed E-state index contributed by atoms with van der Waals surface area (Å²) in [7, 11) is 0. The molecule has 20 heavy (non-hydrogen) atoms. The second-order valence-corrected chi connectivity index (χ2v) is 6.26. The number of phenolic OH excluding ortho intramolecular Hbond substituents is 2. The van der Waals surface area contributed by atoms with Gasteiger partial charge in [0, 0.05) is 20.2 Å². The van der Waals surface area contributed by atoms with Crippen molar-refractivity contribution in [1.82, 2.24) is 0 Å². The van der Waals surface area contributed by atoms with Gasteiger partial charge in [-0.3, -0.25) is 4.79 Å². The molecular weight excluding hydrogens is 272 g/mol. The Balaban J connectivity index is 2.56. The molecule has 0 aliphatic heterocycles. The first kappa shape index (κ1) is 12.9. The standard InChI is InChI=1S/C16H14O3S/c1-8(2)12-5-10(18)7-14-15(12)16(19)11-4-3-9(17)6-13(11)20-14/h3-8,17-18H,1-2H3. The maximum Gasteiger partial charge on any atom is 0.196 e. The molecule has 0 aliphatic rings. The monoisotopic (exact) mass is 286 g/mol. The summed E-state index contributed by atoms with van der Waals surface area (Å²) < 4.78 is 1.47. The molecule has 0 unspecified atom stereocenters. The smallest absolute Gasteiger partial charge is 0.196 e. The lowest BCUT2D eigenvalue weighted by Crippen LogP contribution is -2.05. The normalized spacial score (nSPS) is 11.6. The van der Waals surface area contributed by atoms with Crippen molar-refractivity contribution in [1.29, 1.82) is 0 Å². The van der Waals surface area contributed by atoms with Crippen LogP contribution in [0.25, 0.3) is 20.2 Å². The van der Waals surface area contributed by atoms with E-state index >= 15 is 0 Å². The van der Waals surface area contributed by atoms with Crippen LogP contribution in [0.2, 0.25) is 0 Å². The van der Waals surface area contributed by atoms with E-state index in [2.05, 4.69) is 0 Å². The molecule has 0 amide bonds. The Morgan fingerprint density at radius 1 is 1.00 bits per heavy atom. The Hall–Kier alpha value is -2.07. The summed E-state index contributed by atoms with van der Waals surface area (Å²) in [6.45, 7) is 4.00. The van der Waals surface area contributed by atoms with Crippen molar-refractivity contribution in [2.24, 2.45) is 0 Å². The van der Waals surface area contributed by atoms with E-state index in [1.54, 1.807) is 24.3 Å². The van der Waals surface area contributed by atoms with Crippen molar-refractivity contribution < 1.29 is 10.2 Å². The molecule has 1 heterocycles. The van der Waals surface area contributed by atoms with E-state index in [-0.39, 0.29) is 22.8 Å². The molecule has 2 N–H and O–H groups in total. The number of rotatable bonds is 1. The first-order chi connectivity index (χ1) is 9.47. The van der Waals surface area contributed by atoms with Crippen LogP contribution in [0.5, 0.6) is 11.5 Å². The van der Waals surface area contributed by atoms with Gasteiger partial charge in [-0.05, 0) is 41.8 Å². The quantitative estimate of drug-likeness (QED) is 0.666. The van der Waals surface area contributed by atoms with Crippen LogP contribution in [-0.2, 0) is 0 Å². The van der Waals surface area contributed by atoms with Crippen LogP contribution in [-0.4, -0.2) is 10.2 Å². The number of hydrogen-bond acceptors (Lipinski definition) is 4. The fourth-order valence-corrected chi connectivity index (χ4v) is 3.62. The van der Waals surface area contributed by atoms with Gasteiger partial charge in [0.15, 0.2) is 5.43 Å². The average molecular weight is 286 g/mol. The molecule has 0 bridgehead atoms. The van der Waals surface area contributed by atoms with E-state index in [1.165, 1.54) is 17.4 Å². The summed E-state index contributed by atoms with van der Waals surface area (Å²) in [6, 6.07) is 8.03. The largest absolute Gasteiger partial charge is 0.508 e. The fraction of sp³-hybridized carbons (Fsp3) is 0.188. The molecule has 3 aromatic rings. The van der Waals surface area contributed by atoms with Crippen molar-refractivity contribution in [3.63, 3.8) is 0 Å². The molecule has 4 heteroatoms. The van der Waals surface area contributed by atoms with Crippen LogP contribution in [0, 0.1) is 0 Å². The molecule has 0 radical (unpaired) electrons. The summed E-state index contributed by atoms with van der Waals surface area (Å²) in [4.78, 5) is 12.7. The topological polar surface area (TPSA) is 57.5 Å². The highest BCUT2D eigenvalue weighted by atomic mass is 32.1. The summed E-state index contributed by atoms with van der Waals surface area (Å²) in [5.74, 6) is 0.451. The highest BCUT2D eigenvalue weighted by Crippen LogP contribution is 2.34. The average Bonchev–Trinajstić information content (AvgIpc) is 2.37. The molecule has 0 aliphatic carbocycles. The van der Waals surface area contributed by atoms with Crippen molar-refractivity contribution in [2.75, 3.05) is 0 Å². The number of hydrogen-bond donors (Lipinski definition) is 2. The second kappa shape index (κ2) is 4.49. The molecule has 0 fully saturated rings. The first-order valence-corrected chi connectivity index (χ1v) is 7.21. The zero-order chi connectivity index (χ0) is 14.4. The maximum atomic E-state index is 12.7. The van der Waals surface area contributed by atoms with Crippen LogP contribution < -0.4 is 5.43 Å². The minimum Gasteiger partial charge on any atom is -0.508 e. The molecule has 1 aromatic heterocycles. The van der Waals surface area contributed by atoms with E-state index in [0.717, 1.165) is 15.0 Å². The van der Waals surface area contributed by atoms with Gasteiger partial charge in [-0.25, -0.2) is 0 Å². The zero-order valence-corrected chi connectivity index (χ0v) is 12.0. The Labute approximate surface area is 119 Å². The molecule has 0 spiro atoms. The molecule has 0 saturated carbocycles. The van der Waals surface area contributed by atoms with E-state index in [4.69, 9.17) is 0 Å². The summed E-state index contributed by atoms with van der Waals surface area (Å²) >= 11 is 1.41. The van der Waals surface area contributed by atoms with E-state index in [9.17, 15) is 15.0 Å². The van der Waals surface area contributed by atoms with Crippen molar-refractivity contribution in [3.05, 3.63) is 46.1 Å². The van der Waals surface area contributed by atoms with Gasteiger partial charge in [0.2, 0.25) is 0 Å². The molecule has 3 rings (SSSR count). The van der Waals surface area contributed by atoms with E-state index in [1.807, 2.05) is 13.8 Å². The zero-order valence-electron chi connectivity index (χ0n) is 11.2. The van der Waals surface area contributed by atoms with Gasteiger partial charge < -0.3 is 10.2 Å². The lowest BCUT2D eigenvalue weighted by Gasteiger charge is -2.11. The second-order valence-electron chi connectivity index (χ2n) is 5.17. The molecule has 3 nitrogen and oxygen atoms in total. The SMILES string of the molecule is CC(C)c1cc(O)cc2sc3cc(O)ccc3c(=O)c12. The van der Waals surface area contributed by atoms with Gasteiger partial charge in [0.1, 0.15) is 11.5 Å². The number of phenols is 2. The first-order valence-electron chi connectivity index (χ1n) is 6.40. The van der Waals surface area contributed by atoms with Crippen molar-refractivity contribution >= 4 is 31.5 Å². The number of benzene rings is 2.